The fraction of sp³-hybridized carbons (Fsp3) is 0.435. The van der Waals surface area contributed by atoms with Crippen LogP contribution in [0.25, 0.3) is 0 Å². The lowest BCUT2D eigenvalue weighted by Gasteiger charge is -2.22. The number of hydrogen-bond acceptors (Lipinski definition) is 4. The van der Waals surface area contributed by atoms with Crippen LogP contribution in [0.2, 0.25) is 0 Å². The van der Waals surface area contributed by atoms with E-state index in [1.54, 1.807) is 14.2 Å². The van der Waals surface area contributed by atoms with Gasteiger partial charge in [-0.05, 0) is 41.7 Å². The summed E-state index contributed by atoms with van der Waals surface area (Å²) in [5, 5.41) is 6.68. The molecular weight excluding hydrogens is 493 g/mol. The van der Waals surface area contributed by atoms with Crippen LogP contribution in [0.3, 0.4) is 0 Å². The highest BCUT2D eigenvalue weighted by Gasteiger charge is 2.13. The second-order valence-electron chi connectivity index (χ2n) is 7.07. The molecule has 30 heavy (non-hydrogen) atoms. The summed E-state index contributed by atoms with van der Waals surface area (Å²) in [5.74, 6) is 1.63. The normalized spacial score (nSPS) is 14.7. The minimum absolute atomic E-state index is 0. The molecule has 1 saturated heterocycles. The number of guanidine groups is 1. The predicted molar refractivity (Wildman–Crippen MR) is 131 cm³/mol. The van der Waals surface area contributed by atoms with E-state index in [1.165, 1.54) is 16.7 Å². The van der Waals surface area contributed by atoms with Crippen molar-refractivity contribution in [1.29, 1.82) is 0 Å². The van der Waals surface area contributed by atoms with Gasteiger partial charge < -0.3 is 24.8 Å². The lowest BCUT2D eigenvalue weighted by molar-refractivity contribution is -0.0390. The monoisotopic (exact) mass is 525 g/mol. The van der Waals surface area contributed by atoms with E-state index >= 15 is 0 Å². The van der Waals surface area contributed by atoms with Gasteiger partial charge in [0.15, 0.2) is 5.96 Å². The molecule has 7 heteroatoms. The summed E-state index contributed by atoms with van der Waals surface area (Å²) < 4.78 is 16.5. The van der Waals surface area contributed by atoms with E-state index in [1.807, 2.05) is 24.3 Å². The number of methoxy groups -OCH3 is 1. The molecule has 0 saturated carbocycles. The average Bonchev–Trinajstić information content (AvgIpc) is 2.79. The molecule has 0 unspecified atom stereocenters. The molecule has 0 aromatic heterocycles. The zero-order chi connectivity index (χ0) is 20.3. The lowest BCUT2D eigenvalue weighted by atomic mass is 10.1. The third-order valence-corrected chi connectivity index (χ3v) is 4.98. The van der Waals surface area contributed by atoms with Gasteiger partial charge in [-0.3, -0.25) is 4.99 Å². The topological polar surface area (TPSA) is 64.1 Å². The molecule has 164 valence electrons. The molecule has 1 aliphatic heterocycles. The number of hydrogen-bond donors (Lipinski definition) is 2. The molecule has 3 rings (SSSR count). The fourth-order valence-corrected chi connectivity index (χ4v) is 3.15. The Balaban J connectivity index is 0.00000320. The summed E-state index contributed by atoms with van der Waals surface area (Å²) in [6.07, 6.45) is 2.31. The summed E-state index contributed by atoms with van der Waals surface area (Å²) in [5.41, 5.74) is 3.57. The van der Waals surface area contributed by atoms with E-state index in [0.29, 0.717) is 25.8 Å². The Bertz CT molecular complexity index is 760. The minimum atomic E-state index is 0. The van der Waals surface area contributed by atoms with Crippen LogP contribution in [0, 0.1) is 0 Å². The Morgan fingerprint density at radius 2 is 1.47 bits per heavy atom. The van der Waals surface area contributed by atoms with E-state index in [9.17, 15) is 0 Å². The molecule has 6 nitrogen and oxygen atoms in total. The number of halogens is 1. The van der Waals surface area contributed by atoms with E-state index in [0.717, 1.165) is 37.8 Å². The third kappa shape index (κ3) is 8.12. The molecule has 0 spiro atoms. The lowest BCUT2D eigenvalue weighted by Crippen LogP contribution is -2.36. The standard InChI is InChI=1S/C23H31N3O3.HI/c1-24-23(26-16-19-7-9-21(27-2)10-8-19)25-15-18-3-5-20(6-4-18)17-29-22-11-13-28-14-12-22;/h3-10,22H,11-17H2,1-2H3,(H2,24,25,26);1H. The van der Waals surface area contributed by atoms with Crippen LogP contribution in [0.4, 0.5) is 0 Å². The highest BCUT2D eigenvalue weighted by molar-refractivity contribution is 14.0. The van der Waals surface area contributed by atoms with Gasteiger partial charge in [0, 0.05) is 33.4 Å². The van der Waals surface area contributed by atoms with Crippen LogP contribution in [0.5, 0.6) is 5.75 Å². The second-order valence-corrected chi connectivity index (χ2v) is 7.07. The van der Waals surface area contributed by atoms with Gasteiger partial charge in [-0.25, -0.2) is 0 Å². The first-order valence-electron chi connectivity index (χ1n) is 10.1. The molecule has 0 bridgehead atoms. The number of ether oxygens (including phenoxy) is 3. The molecule has 1 heterocycles. The van der Waals surface area contributed by atoms with Crippen LogP contribution in [0.15, 0.2) is 53.5 Å². The van der Waals surface area contributed by atoms with Crippen molar-refractivity contribution in [2.75, 3.05) is 27.4 Å². The van der Waals surface area contributed by atoms with Crippen LogP contribution >= 0.6 is 24.0 Å². The zero-order valence-corrected chi connectivity index (χ0v) is 20.1. The first kappa shape index (κ1) is 24.4. The number of nitrogens with one attached hydrogen (secondary N) is 2. The number of aliphatic imine (C=N–C) groups is 1. The Labute approximate surface area is 196 Å². The summed E-state index contributed by atoms with van der Waals surface area (Å²) in [7, 11) is 3.45. The molecule has 2 aromatic rings. The molecule has 0 aliphatic carbocycles. The number of nitrogens with zero attached hydrogens (tertiary/aromatic N) is 1. The Morgan fingerprint density at radius 3 is 2.00 bits per heavy atom. The molecule has 1 fully saturated rings. The third-order valence-electron chi connectivity index (χ3n) is 4.98. The molecule has 2 N–H and O–H groups in total. The van der Waals surface area contributed by atoms with E-state index in [2.05, 4.69) is 39.9 Å². The maximum atomic E-state index is 5.98. The van der Waals surface area contributed by atoms with E-state index in [-0.39, 0.29) is 24.0 Å². The molecule has 0 atom stereocenters. The van der Waals surface area contributed by atoms with Crippen LogP contribution < -0.4 is 15.4 Å². The van der Waals surface area contributed by atoms with Crippen molar-refractivity contribution >= 4 is 29.9 Å². The van der Waals surface area contributed by atoms with Crippen molar-refractivity contribution in [3.8, 4) is 5.75 Å². The highest BCUT2D eigenvalue weighted by atomic mass is 127. The average molecular weight is 525 g/mol. The molecule has 0 amide bonds. The Kier molecular flexibility index (Phi) is 11.0. The van der Waals surface area contributed by atoms with Crippen LogP contribution in [-0.4, -0.2) is 39.4 Å². The van der Waals surface area contributed by atoms with Crippen molar-refractivity contribution < 1.29 is 14.2 Å². The molecular formula is C23H32IN3O3. The SMILES string of the molecule is CN=C(NCc1ccc(COC2CCOCC2)cc1)NCc1ccc(OC)cc1.I. The first-order chi connectivity index (χ1) is 14.3. The van der Waals surface area contributed by atoms with Gasteiger partial charge in [0.25, 0.3) is 0 Å². The van der Waals surface area contributed by atoms with Crippen molar-refractivity contribution in [3.63, 3.8) is 0 Å². The Hall–Kier alpha value is -1.84. The van der Waals surface area contributed by atoms with Crippen molar-refractivity contribution in [1.82, 2.24) is 10.6 Å². The molecule has 0 radical (unpaired) electrons. The van der Waals surface area contributed by atoms with Gasteiger partial charge >= 0.3 is 0 Å². The van der Waals surface area contributed by atoms with Gasteiger partial charge in [-0.15, -0.1) is 24.0 Å². The van der Waals surface area contributed by atoms with E-state index < -0.39 is 0 Å². The minimum Gasteiger partial charge on any atom is -0.497 e. The summed E-state index contributed by atoms with van der Waals surface area (Å²) in [6, 6.07) is 16.5. The van der Waals surface area contributed by atoms with Crippen LogP contribution in [0.1, 0.15) is 29.5 Å². The van der Waals surface area contributed by atoms with Gasteiger partial charge in [0.05, 0.1) is 19.8 Å². The summed E-state index contributed by atoms with van der Waals surface area (Å²) in [6.45, 7) is 3.69. The fourth-order valence-electron chi connectivity index (χ4n) is 3.15. The van der Waals surface area contributed by atoms with Crippen molar-refractivity contribution in [2.24, 2.45) is 4.99 Å². The van der Waals surface area contributed by atoms with E-state index in [4.69, 9.17) is 14.2 Å². The van der Waals surface area contributed by atoms with Crippen molar-refractivity contribution in [3.05, 3.63) is 65.2 Å². The molecule has 2 aromatic carbocycles. The van der Waals surface area contributed by atoms with Gasteiger partial charge in [0.2, 0.25) is 0 Å². The second kappa shape index (κ2) is 13.5. The first-order valence-corrected chi connectivity index (χ1v) is 10.1. The highest BCUT2D eigenvalue weighted by Crippen LogP contribution is 2.14. The molecule has 1 aliphatic rings. The quantitative estimate of drug-likeness (QED) is 0.311. The summed E-state index contributed by atoms with van der Waals surface area (Å²) >= 11 is 0. The largest absolute Gasteiger partial charge is 0.497 e. The number of benzene rings is 2. The maximum absolute atomic E-state index is 5.98. The van der Waals surface area contributed by atoms with Crippen LogP contribution in [-0.2, 0) is 29.2 Å². The summed E-state index contributed by atoms with van der Waals surface area (Å²) in [4.78, 5) is 4.29. The van der Waals surface area contributed by atoms with Gasteiger partial charge in [0.1, 0.15) is 5.75 Å². The van der Waals surface area contributed by atoms with Gasteiger partial charge in [-0.1, -0.05) is 36.4 Å². The smallest absolute Gasteiger partial charge is 0.191 e. The maximum Gasteiger partial charge on any atom is 0.191 e. The Morgan fingerprint density at radius 1 is 0.933 bits per heavy atom. The van der Waals surface area contributed by atoms with Crippen molar-refractivity contribution in [2.45, 2.75) is 38.6 Å². The zero-order valence-electron chi connectivity index (χ0n) is 17.7. The van der Waals surface area contributed by atoms with Gasteiger partial charge in [-0.2, -0.15) is 0 Å². The number of rotatable bonds is 8. The predicted octanol–water partition coefficient (Wildman–Crippen LogP) is 3.87.